The van der Waals surface area contributed by atoms with Gasteiger partial charge >= 0.3 is 0 Å². The van der Waals surface area contributed by atoms with Gasteiger partial charge in [-0.15, -0.1) is 11.8 Å². The third-order valence-electron chi connectivity index (χ3n) is 5.88. The van der Waals surface area contributed by atoms with E-state index >= 15 is 0 Å². The highest BCUT2D eigenvalue weighted by Gasteiger charge is 2.13. The molecule has 4 rings (SSSR count). The first-order valence-corrected chi connectivity index (χ1v) is 12.7. The Bertz CT molecular complexity index is 1000. The average Bonchev–Trinajstić information content (AvgIpc) is 2.87. The van der Waals surface area contributed by atoms with E-state index in [9.17, 15) is 4.79 Å². The molecule has 1 N–H and O–H groups in total. The van der Waals surface area contributed by atoms with Crippen LogP contribution in [0.15, 0.2) is 83.8 Å². The summed E-state index contributed by atoms with van der Waals surface area (Å²) in [5.74, 6) is 1.60. The maximum absolute atomic E-state index is 12.7. The topological polar surface area (TPSA) is 41.6 Å². The molecular formula is C28H32N2O2S. The lowest BCUT2D eigenvalue weighted by atomic mass is 10.0. The molecule has 3 aromatic carbocycles. The number of nitrogens with one attached hydrogen (secondary N) is 1. The molecule has 172 valence electrons. The zero-order valence-electron chi connectivity index (χ0n) is 19.0. The third kappa shape index (κ3) is 7.37. The number of piperidine rings is 1. The van der Waals surface area contributed by atoms with Crippen molar-refractivity contribution in [2.24, 2.45) is 0 Å². The van der Waals surface area contributed by atoms with E-state index in [-0.39, 0.29) is 5.91 Å². The van der Waals surface area contributed by atoms with Crippen molar-refractivity contribution in [1.29, 1.82) is 0 Å². The van der Waals surface area contributed by atoms with E-state index in [4.69, 9.17) is 4.74 Å². The van der Waals surface area contributed by atoms with Crippen LogP contribution in [0.4, 0.5) is 0 Å². The van der Waals surface area contributed by atoms with Gasteiger partial charge in [0.2, 0.25) is 0 Å². The van der Waals surface area contributed by atoms with E-state index in [1.54, 1.807) is 11.8 Å². The summed E-state index contributed by atoms with van der Waals surface area (Å²) in [6.07, 6.45) is 3.90. The van der Waals surface area contributed by atoms with Crippen LogP contribution in [0.1, 0.15) is 40.7 Å². The quantitative estimate of drug-likeness (QED) is 0.308. The predicted octanol–water partition coefficient (Wildman–Crippen LogP) is 5.77. The Morgan fingerprint density at radius 3 is 2.30 bits per heavy atom. The van der Waals surface area contributed by atoms with Gasteiger partial charge in [0.25, 0.3) is 5.91 Å². The Hall–Kier alpha value is -2.76. The summed E-state index contributed by atoms with van der Waals surface area (Å²) in [4.78, 5) is 16.4. The summed E-state index contributed by atoms with van der Waals surface area (Å²) in [6.45, 7) is 4.46. The maximum atomic E-state index is 12.7. The van der Waals surface area contributed by atoms with Crippen LogP contribution in [0.3, 0.4) is 0 Å². The molecule has 0 aromatic heterocycles. The van der Waals surface area contributed by atoms with Crippen LogP contribution in [0.5, 0.6) is 5.75 Å². The van der Waals surface area contributed by atoms with E-state index in [1.807, 2.05) is 48.5 Å². The number of rotatable bonds is 10. The molecule has 4 nitrogen and oxygen atoms in total. The molecule has 0 atom stereocenters. The summed E-state index contributed by atoms with van der Waals surface area (Å²) in [6, 6.07) is 26.1. The number of hydrogen-bond donors (Lipinski definition) is 1. The van der Waals surface area contributed by atoms with Crippen LogP contribution in [-0.2, 0) is 13.1 Å². The Balaban J connectivity index is 1.23. The van der Waals surface area contributed by atoms with Gasteiger partial charge in [-0.1, -0.05) is 48.9 Å². The lowest BCUT2D eigenvalue weighted by Gasteiger charge is -2.27. The van der Waals surface area contributed by atoms with Gasteiger partial charge in [-0.3, -0.25) is 9.69 Å². The first-order chi connectivity index (χ1) is 16.3. The molecule has 0 saturated carbocycles. The smallest absolute Gasteiger partial charge is 0.251 e. The van der Waals surface area contributed by atoms with Crippen molar-refractivity contribution in [2.45, 2.75) is 37.2 Å². The molecule has 0 aliphatic carbocycles. The van der Waals surface area contributed by atoms with Crippen molar-refractivity contribution < 1.29 is 9.53 Å². The first kappa shape index (κ1) is 23.4. The standard InChI is InChI=1S/C28H32N2O2S/c31-28(29-21-24-9-5-6-10-25(24)22-30-17-7-2-8-18-30)23-13-15-26(16-14-23)32-19-20-33-27-11-3-1-4-12-27/h1,3-6,9-16H,2,7-8,17-22H2,(H,29,31). The lowest BCUT2D eigenvalue weighted by molar-refractivity contribution is 0.0950. The Morgan fingerprint density at radius 2 is 1.55 bits per heavy atom. The molecule has 1 fully saturated rings. The van der Waals surface area contributed by atoms with E-state index in [0.29, 0.717) is 18.7 Å². The zero-order chi connectivity index (χ0) is 22.7. The van der Waals surface area contributed by atoms with Gasteiger partial charge in [0.05, 0.1) is 6.61 Å². The minimum absolute atomic E-state index is 0.0611. The number of ether oxygens (including phenoxy) is 1. The molecule has 5 heteroatoms. The van der Waals surface area contributed by atoms with Crippen LogP contribution in [0.2, 0.25) is 0 Å². The number of carbonyl (C=O) groups excluding carboxylic acids is 1. The minimum Gasteiger partial charge on any atom is -0.493 e. The van der Waals surface area contributed by atoms with Crippen LogP contribution in [0, 0.1) is 0 Å². The Labute approximate surface area is 201 Å². The van der Waals surface area contributed by atoms with Gasteiger partial charge < -0.3 is 10.1 Å². The second kappa shape index (κ2) is 12.5. The molecule has 1 aliphatic rings. The van der Waals surface area contributed by atoms with E-state index in [2.05, 4.69) is 40.5 Å². The van der Waals surface area contributed by atoms with Gasteiger partial charge in [0.15, 0.2) is 0 Å². The number of nitrogens with zero attached hydrogens (tertiary/aromatic N) is 1. The second-order valence-corrected chi connectivity index (χ2v) is 9.49. The molecule has 1 heterocycles. The van der Waals surface area contributed by atoms with E-state index in [1.165, 1.54) is 48.4 Å². The fraction of sp³-hybridized carbons (Fsp3) is 0.321. The van der Waals surface area contributed by atoms with Crippen molar-refractivity contribution in [3.8, 4) is 5.75 Å². The molecule has 33 heavy (non-hydrogen) atoms. The molecule has 1 amide bonds. The number of likely N-dealkylation sites (tertiary alicyclic amines) is 1. The Morgan fingerprint density at radius 1 is 0.848 bits per heavy atom. The van der Waals surface area contributed by atoms with Gasteiger partial charge in [-0.2, -0.15) is 0 Å². The van der Waals surface area contributed by atoms with Gasteiger partial charge in [0.1, 0.15) is 5.75 Å². The molecule has 0 radical (unpaired) electrons. The fourth-order valence-corrected chi connectivity index (χ4v) is 4.81. The van der Waals surface area contributed by atoms with Crippen molar-refractivity contribution in [3.63, 3.8) is 0 Å². The van der Waals surface area contributed by atoms with E-state index < -0.39 is 0 Å². The van der Waals surface area contributed by atoms with Gasteiger partial charge in [-0.25, -0.2) is 0 Å². The third-order valence-corrected chi connectivity index (χ3v) is 6.86. The maximum Gasteiger partial charge on any atom is 0.251 e. The van der Waals surface area contributed by atoms with Crippen LogP contribution < -0.4 is 10.1 Å². The number of thioether (sulfide) groups is 1. The molecule has 3 aromatic rings. The Kier molecular flexibility index (Phi) is 8.84. The molecular weight excluding hydrogens is 428 g/mol. The molecule has 1 aliphatic heterocycles. The summed E-state index contributed by atoms with van der Waals surface area (Å²) in [7, 11) is 0. The molecule has 0 unspecified atom stereocenters. The predicted molar refractivity (Wildman–Crippen MR) is 136 cm³/mol. The van der Waals surface area contributed by atoms with Gasteiger partial charge in [-0.05, 0) is 73.5 Å². The lowest BCUT2D eigenvalue weighted by Crippen LogP contribution is -2.30. The van der Waals surface area contributed by atoms with Crippen molar-refractivity contribution in [2.75, 3.05) is 25.4 Å². The molecule has 1 saturated heterocycles. The van der Waals surface area contributed by atoms with Gasteiger partial charge in [0, 0.05) is 29.3 Å². The summed E-state index contributed by atoms with van der Waals surface area (Å²) < 4.78 is 5.82. The zero-order valence-corrected chi connectivity index (χ0v) is 19.9. The highest BCUT2D eigenvalue weighted by atomic mass is 32.2. The molecule has 0 spiro atoms. The normalized spacial score (nSPS) is 14.1. The van der Waals surface area contributed by atoms with Crippen LogP contribution in [0.25, 0.3) is 0 Å². The van der Waals surface area contributed by atoms with Crippen molar-refractivity contribution in [3.05, 3.63) is 95.6 Å². The number of hydrogen-bond acceptors (Lipinski definition) is 4. The summed E-state index contributed by atoms with van der Waals surface area (Å²) >= 11 is 1.77. The average molecular weight is 461 g/mol. The number of carbonyl (C=O) groups is 1. The van der Waals surface area contributed by atoms with Crippen molar-refractivity contribution in [1.82, 2.24) is 10.2 Å². The monoisotopic (exact) mass is 460 g/mol. The van der Waals surface area contributed by atoms with Crippen LogP contribution in [-0.4, -0.2) is 36.3 Å². The van der Waals surface area contributed by atoms with Crippen molar-refractivity contribution >= 4 is 17.7 Å². The highest BCUT2D eigenvalue weighted by Crippen LogP contribution is 2.19. The SMILES string of the molecule is O=C(NCc1ccccc1CN1CCCCC1)c1ccc(OCCSc2ccccc2)cc1. The number of amides is 1. The summed E-state index contributed by atoms with van der Waals surface area (Å²) in [5.41, 5.74) is 3.14. The minimum atomic E-state index is -0.0611. The van der Waals surface area contributed by atoms with Crippen LogP contribution >= 0.6 is 11.8 Å². The molecule has 0 bridgehead atoms. The fourth-order valence-electron chi connectivity index (χ4n) is 4.06. The summed E-state index contributed by atoms with van der Waals surface area (Å²) in [5, 5.41) is 3.08. The first-order valence-electron chi connectivity index (χ1n) is 11.8. The largest absolute Gasteiger partial charge is 0.493 e. The number of benzene rings is 3. The van der Waals surface area contributed by atoms with E-state index in [0.717, 1.165) is 18.0 Å². The highest BCUT2D eigenvalue weighted by molar-refractivity contribution is 7.99. The second-order valence-electron chi connectivity index (χ2n) is 8.32.